The lowest BCUT2D eigenvalue weighted by Crippen LogP contribution is -2.41. The molecule has 0 aromatic carbocycles. The number of hydrogen-bond acceptors (Lipinski definition) is 2. The third kappa shape index (κ3) is 7.80. The molecule has 0 saturated carbocycles. The fourth-order valence-electron chi connectivity index (χ4n) is 1.75. The zero-order valence-corrected chi connectivity index (χ0v) is 12.0. The van der Waals surface area contributed by atoms with Crippen LogP contribution in [0.3, 0.4) is 0 Å². The summed E-state index contributed by atoms with van der Waals surface area (Å²) in [5.74, 6) is 0. The second kappa shape index (κ2) is 12.0. The lowest BCUT2D eigenvalue weighted by Gasteiger charge is -2.34. The van der Waals surface area contributed by atoms with Crippen LogP contribution in [0, 0.1) is 0 Å². The third-order valence-corrected chi connectivity index (χ3v) is 2.73. The summed E-state index contributed by atoms with van der Waals surface area (Å²) in [6.07, 6.45) is 2.70. The molecule has 1 aliphatic rings. The van der Waals surface area contributed by atoms with Gasteiger partial charge < -0.3 is 9.80 Å². The monoisotopic (exact) mass is 216 g/mol. The molecule has 1 aliphatic heterocycles. The first-order chi connectivity index (χ1) is 7.24. The zero-order valence-electron chi connectivity index (χ0n) is 12.0. The Balaban J connectivity index is 0. The molecule has 0 radical (unpaired) electrons. The van der Waals surface area contributed by atoms with Gasteiger partial charge in [-0.05, 0) is 46.6 Å². The third-order valence-electron chi connectivity index (χ3n) is 2.73. The van der Waals surface area contributed by atoms with Crippen LogP contribution >= 0.6 is 0 Å². The van der Waals surface area contributed by atoms with E-state index in [1.807, 2.05) is 27.7 Å². The van der Waals surface area contributed by atoms with Crippen molar-refractivity contribution >= 4 is 0 Å². The van der Waals surface area contributed by atoms with Crippen LogP contribution in [0.1, 0.15) is 47.5 Å². The van der Waals surface area contributed by atoms with Crippen molar-refractivity contribution in [1.29, 1.82) is 0 Å². The lowest BCUT2D eigenvalue weighted by atomic mass is 10.0. The molecule has 1 heterocycles. The molecule has 0 spiro atoms. The molecular formula is C13H32N2. The van der Waals surface area contributed by atoms with E-state index >= 15 is 0 Å². The SMILES string of the molecule is CC.CC.CCN1CCC(N(C)C)CC1. The number of nitrogens with zero attached hydrogens (tertiary/aromatic N) is 2. The van der Waals surface area contributed by atoms with E-state index in [2.05, 4.69) is 30.8 Å². The average Bonchev–Trinajstić information content (AvgIpc) is 2.34. The molecule has 0 aromatic rings. The van der Waals surface area contributed by atoms with Crippen molar-refractivity contribution in [1.82, 2.24) is 9.80 Å². The highest BCUT2D eigenvalue weighted by Gasteiger charge is 2.18. The van der Waals surface area contributed by atoms with Crippen LogP contribution in [-0.2, 0) is 0 Å². The van der Waals surface area contributed by atoms with Gasteiger partial charge in [0, 0.05) is 6.04 Å². The molecule has 1 rings (SSSR count). The zero-order chi connectivity index (χ0) is 12.3. The highest BCUT2D eigenvalue weighted by atomic mass is 15.2. The lowest BCUT2D eigenvalue weighted by molar-refractivity contribution is 0.150. The first-order valence-corrected chi connectivity index (χ1v) is 6.62. The summed E-state index contributed by atoms with van der Waals surface area (Å²) < 4.78 is 0. The van der Waals surface area contributed by atoms with E-state index in [0.29, 0.717) is 0 Å². The van der Waals surface area contributed by atoms with E-state index in [0.717, 1.165) is 6.04 Å². The standard InChI is InChI=1S/C9H20N2.2C2H6/c1-4-11-7-5-9(6-8-11)10(2)3;2*1-2/h9H,4-8H2,1-3H3;2*1-2H3. The van der Waals surface area contributed by atoms with Gasteiger partial charge in [-0.1, -0.05) is 34.6 Å². The van der Waals surface area contributed by atoms with Crippen molar-refractivity contribution in [3.8, 4) is 0 Å². The van der Waals surface area contributed by atoms with Gasteiger partial charge in [-0.15, -0.1) is 0 Å². The molecule has 0 aliphatic carbocycles. The van der Waals surface area contributed by atoms with Crippen LogP contribution in [0.2, 0.25) is 0 Å². The van der Waals surface area contributed by atoms with Crippen LogP contribution in [0.15, 0.2) is 0 Å². The van der Waals surface area contributed by atoms with Crippen LogP contribution in [0.4, 0.5) is 0 Å². The van der Waals surface area contributed by atoms with Crippen molar-refractivity contribution in [2.45, 2.75) is 53.5 Å². The Hall–Kier alpha value is -0.0800. The van der Waals surface area contributed by atoms with E-state index in [4.69, 9.17) is 0 Å². The highest BCUT2D eigenvalue weighted by molar-refractivity contribution is 4.75. The van der Waals surface area contributed by atoms with Crippen molar-refractivity contribution in [2.75, 3.05) is 33.7 Å². The number of piperidine rings is 1. The molecule has 1 saturated heterocycles. The van der Waals surface area contributed by atoms with Gasteiger partial charge in [0.25, 0.3) is 0 Å². The number of rotatable bonds is 2. The summed E-state index contributed by atoms with van der Waals surface area (Å²) in [6, 6.07) is 0.831. The van der Waals surface area contributed by atoms with Crippen molar-refractivity contribution < 1.29 is 0 Å². The van der Waals surface area contributed by atoms with E-state index in [-0.39, 0.29) is 0 Å². The van der Waals surface area contributed by atoms with Gasteiger partial charge in [0.1, 0.15) is 0 Å². The highest BCUT2D eigenvalue weighted by Crippen LogP contribution is 2.13. The molecule has 0 bridgehead atoms. The molecule has 0 N–H and O–H groups in total. The summed E-state index contributed by atoms with van der Waals surface area (Å²) in [5, 5.41) is 0. The van der Waals surface area contributed by atoms with E-state index in [9.17, 15) is 0 Å². The maximum atomic E-state index is 2.53. The van der Waals surface area contributed by atoms with Gasteiger partial charge in [-0.25, -0.2) is 0 Å². The number of likely N-dealkylation sites (tertiary alicyclic amines) is 1. The summed E-state index contributed by atoms with van der Waals surface area (Å²) in [6.45, 7) is 14.1. The molecule has 94 valence electrons. The Morgan fingerprint density at radius 3 is 1.67 bits per heavy atom. The predicted molar refractivity (Wildman–Crippen MR) is 71.5 cm³/mol. The fraction of sp³-hybridized carbons (Fsp3) is 1.00. The summed E-state index contributed by atoms with van der Waals surface area (Å²) >= 11 is 0. The maximum Gasteiger partial charge on any atom is 0.0113 e. The second-order valence-electron chi connectivity index (χ2n) is 3.63. The summed E-state index contributed by atoms with van der Waals surface area (Å²) in [4.78, 5) is 4.88. The quantitative estimate of drug-likeness (QED) is 0.700. The molecule has 0 aromatic heterocycles. The smallest absolute Gasteiger partial charge is 0.0113 e. The second-order valence-corrected chi connectivity index (χ2v) is 3.63. The topological polar surface area (TPSA) is 6.48 Å². The van der Waals surface area contributed by atoms with Crippen LogP contribution < -0.4 is 0 Å². The van der Waals surface area contributed by atoms with E-state index in [1.54, 1.807) is 0 Å². The maximum absolute atomic E-state index is 2.53. The van der Waals surface area contributed by atoms with Crippen molar-refractivity contribution in [3.63, 3.8) is 0 Å². The van der Waals surface area contributed by atoms with Gasteiger partial charge >= 0.3 is 0 Å². The van der Waals surface area contributed by atoms with Crippen molar-refractivity contribution in [3.05, 3.63) is 0 Å². The van der Waals surface area contributed by atoms with Crippen LogP contribution in [-0.4, -0.2) is 49.6 Å². The Labute approximate surface area is 97.6 Å². The Morgan fingerprint density at radius 2 is 1.40 bits per heavy atom. The number of hydrogen-bond donors (Lipinski definition) is 0. The van der Waals surface area contributed by atoms with E-state index in [1.165, 1.54) is 32.5 Å². The minimum Gasteiger partial charge on any atom is -0.306 e. The minimum absolute atomic E-state index is 0.831. The van der Waals surface area contributed by atoms with Crippen LogP contribution in [0.5, 0.6) is 0 Å². The Kier molecular flexibility index (Phi) is 13.8. The molecular weight excluding hydrogens is 184 g/mol. The minimum atomic E-state index is 0.831. The molecule has 15 heavy (non-hydrogen) atoms. The van der Waals surface area contributed by atoms with Gasteiger partial charge in [0.05, 0.1) is 0 Å². The van der Waals surface area contributed by atoms with E-state index < -0.39 is 0 Å². The van der Waals surface area contributed by atoms with Crippen molar-refractivity contribution in [2.24, 2.45) is 0 Å². The Morgan fingerprint density at radius 1 is 1.00 bits per heavy atom. The molecule has 2 heteroatoms. The summed E-state index contributed by atoms with van der Waals surface area (Å²) in [5.41, 5.74) is 0. The first-order valence-electron chi connectivity index (χ1n) is 6.62. The van der Waals surface area contributed by atoms with Gasteiger partial charge in [-0.2, -0.15) is 0 Å². The van der Waals surface area contributed by atoms with Crippen LogP contribution in [0.25, 0.3) is 0 Å². The largest absolute Gasteiger partial charge is 0.306 e. The normalized spacial score (nSPS) is 17.6. The van der Waals surface area contributed by atoms with Gasteiger partial charge in [-0.3, -0.25) is 0 Å². The molecule has 0 atom stereocenters. The Bertz CT molecular complexity index is 105. The first kappa shape index (κ1) is 17.3. The van der Waals surface area contributed by atoms with Gasteiger partial charge in [0.2, 0.25) is 0 Å². The molecule has 0 unspecified atom stereocenters. The summed E-state index contributed by atoms with van der Waals surface area (Å²) in [7, 11) is 4.37. The fourth-order valence-corrected chi connectivity index (χ4v) is 1.75. The molecule has 0 amide bonds. The predicted octanol–water partition coefficient (Wildman–Crippen LogP) is 3.08. The van der Waals surface area contributed by atoms with Gasteiger partial charge in [0.15, 0.2) is 0 Å². The molecule has 1 fully saturated rings. The molecule has 2 nitrogen and oxygen atoms in total. The average molecular weight is 216 g/mol.